The Hall–Kier alpha value is -1.31. The second-order valence-corrected chi connectivity index (χ2v) is 5.04. The van der Waals surface area contributed by atoms with Crippen molar-refractivity contribution in [2.75, 3.05) is 6.54 Å². The first kappa shape index (κ1) is 9.88. The quantitative estimate of drug-likeness (QED) is 0.651. The van der Waals surface area contributed by atoms with Gasteiger partial charge >= 0.3 is 0 Å². The number of hydrogen-bond donors (Lipinski definition) is 0. The first-order valence-electron chi connectivity index (χ1n) is 6.09. The van der Waals surface area contributed by atoms with Gasteiger partial charge in [-0.3, -0.25) is 4.79 Å². The Labute approximate surface area is 96.3 Å². The van der Waals surface area contributed by atoms with Gasteiger partial charge in [0, 0.05) is 6.54 Å². The average molecular weight is 215 g/mol. The standard InChI is InChI=1S/C14H17NO/c1-9-5-6-11-10(2)14(16)15-7-3-4-13(15)12(11)8-9/h5-6,8,10,13H,3-4,7H2,1-2H3/t10-,13-/m1/s1. The van der Waals surface area contributed by atoms with E-state index in [9.17, 15) is 4.79 Å². The molecule has 2 aliphatic rings. The van der Waals surface area contributed by atoms with Crippen molar-refractivity contribution in [2.45, 2.75) is 38.6 Å². The van der Waals surface area contributed by atoms with Crippen LogP contribution in [0.15, 0.2) is 18.2 Å². The van der Waals surface area contributed by atoms with E-state index in [4.69, 9.17) is 0 Å². The monoisotopic (exact) mass is 215 g/mol. The summed E-state index contributed by atoms with van der Waals surface area (Å²) in [5.74, 6) is 0.365. The van der Waals surface area contributed by atoms with Gasteiger partial charge in [0.25, 0.3) is 0 Å². The van der Waals surface area contributed by atoms with E-state index in [1.807, 2.05) is 6.92 Å². The summed E-state index contributed by atoms with van der Waals surface area (Å²) in [4.78, 5) is 14.3. The highest BCUT2D eigenvalue weighted by Crippen LogP contribution is 2.42. The second-order valence-electron chi connectivity index (χ2n) is 5.04. The van der Waals surface area contributed by atoms with E-state index >= 15 is 0 Å². The zero-order valence-corrected chi connectivity index (χ0v) is 9.86. The normalized spacial score (nSPS) is 27.9. The van der Waals surface area contributed by atoms with Crippen molar-refractivity contribution in [3.05, 3.63) is 34.9 Å². The van der Waals surface area contributed by atoms with Gasteiger partial charge in [-0.25, -0.2) is 0 Å². The SMILES string of the molecule is Cc1ccc2c(c1)[C@H]1CCCN1C(=O)[C@@H]2C. The Balaban J connectivity index is 2.17. The smallest absolute Gasteiger partial charge is 0.230 e. The lowest BCUT2D eigenvalue weighted by Crippen LogP contribution is -2.38. The third kappa shape index (κ3) is 1.22. The van der Waals surface area contributed by atoms with E-state index in [0.717, 1.165) is 19.4 Å². The maximum atomic E-state index is 12.2. The van der Waals surface area contributed by atoms with Crippen LogP contribution in [-0.2, 0) is 4.79 Å². The third-order valence-corrected chi connectivity index (χ3v) is 3.97. The third-order valence-electron chi connectivity index (χ3n) is 3.97. The summed E-state index contributed by atoms with van der Waals surface area (Å²) in [6.45, 7) is 5.10. The largest absolute Gasteiger partial charge is 0.335 e. The van der Waals surface area contributed by atoms with Crippen LogP contribution in [0.2, 0.25) is 0 Å². The highest BCUT2D eigenvalue weighted by molar-refractivity contribution is 5.86. The van der Waals surface area contributed by atoms with Crippen molar-refractivity contribution in [1.82, 2.24) is 4.90 Å². The molecule has 0 aliphatic carbocycles. The van der Waals surface area contributed by atoms with Gasteiger partial charge in [0.05, 0.1) is 12.0 Å². The fourth-order valence-corrected chi connectivity index (χ4v) is 3.11. The van der Waals surface area contributed by atoms with E-state index in [0.29, 0.717) is 11.9 Å². The Kier molecular flexibility index (Phi) is 2.06. The van der Waals surface area contributed by atoms with Crippen LogP contribution in [0.1, 0.15) is 48.4 Å². The molecule has 1 aromatic carbocycles. The fraction of sp³-hybridized carbons (Fsp3) is 0.500. The van der Waals surface area contributed by atoms with Crippen LogP contribution >= 0.6 is 0 Å². The Morgan fingerprint density at radius 2 is 2.12 bits per heavy atom. The van der Waals surface area contributed by atoms with Gasteiger partial charge in [-0.05, 0) is 37.8 Å². The summed E-state index contributed by atoms with van der Waals surface area (Å²) in [6.07, 6.45) is 2.28. The molecule has 0 N–H and O–H groups in total. The van der Waals surface area contributed by atoms with Gasteiger partial charge in [0.2, 0.25) is 5.91 Å². The second kappa shape index (κ2) is 3.34. The first-order valence-corrected chi connectivity index (χ1v) is 6.09. The summed E-state index contributed by atoms with van der Waals surface area (Å²) in [7, 11) is 0. The predicted octanol–water partition coefficient (Wildman–Crippen LogP) is 2.78. The molecule has 1 aromatic rings. The van der Waals surface area contributed by atoms with Crippen molar-refractivity contribution in [1.29, 1.82) is 0 Å². The molecule has 2 nitrogen and oxygen atoms in total. The Bertz CT molecular complexity index is 452. The van der Waals surface area contributed by atoms with E-state index in [1.54, 1.807) is 0 Å². The number of nitrogens with zero attached hydrogens (tertiary/aromatic N) is 1. The van der Waals surface area contributed by atoms with Crippen LogP contribution < -0.4 is 0 Å². The average Bonchev–Trinajstić information content (AvgIpc) is 2.75. The van der Waals surface area contributed by atoms with Gasteiger partial charge < -0.3 is 4.90 Å². The molecule has 0 aromatic heterocycles. The maximum absolute atomic E-state index is 12.2. The summed E-state index contributed by atoms with van der Waals surface area (Å²) < 4.78 is 0. The fourth-order valence-electron chi connectivity index (χ4n) is 3.11. The number of fused-ring (bicyclic) bond motifs is 3. The molecule has 1 fully saturated rings. The molecule has 0 radical (unpaired) electrons. The first-order chi connectivity index (χ1) is 7.68. The molecule has 2 heterocycles. The molecular weight excluding hydrogens is 198 g/mol. The highest BCUT2D eigenvalue weighted by atomic mass is 16.2. The molecule has 1 saturated heterocycles. The van der Waals surface area contributed by atoms with Crippen molar-refractivity contribution < 1.29 is 4.79 Å². The topological polar surface area (TPSA) is 20.3 Å². The number of carbonyl (C=O) groups excluding carboxylic acids is 1. The number of carbonyl (C=O) groups is 1. The highest BCUT2D eigenvalue weighted by Gasteiger charge is 2.39. The van der Waals surface area contributed by atoms with E-state index in [2.05, 4.69) is 30.0 Å². The van der Waals surface area contributed by atoms with E-state index in [1.165, 1.54) is 16.7 Å². The molecule has 2 aliphatic heterocycles. The maximum Gasteiger partial charge on any atom is 0.230 e. The zero-order valence-electron chi connectivity index (χ0n) is 9.86. The molecule has 0 bridgehead atoms. The molecule has 16 heavy (non-hydrogen) atoms. The minimum absolute atomic E-state index is 0.0462. The van der Waals surface area contributed by atoms with Crippen LogP contribution in [0.4, 0.5) is 0 Å². The number of hydrogen-bond acceptors (Lipinski definition) is 1. The van der Waals surface area contributed by atoms with Crippen LogP contribution in [0, 0.1) is 6.92 Å². The zero-order chi connectivity index (χ0) is 11.3. The van der Waals surface area contributed by atoms with Gasteiger partial charge in [-0.2, -0.15) is 0 Å². The Morgan fingerprint density at radius 1 is 1.31 bits per heavy atom. The molecule has 2 heteroatoms. The number of benzene rings is 1. The molecular formula is C14H17NO. The molecule has 1 amide bonds. The van der Waals surface area contributed by atoms with Crippen molar-refractivity contribution in [2.24, 2.45) is 0 Å². The lowest BCUT2D eigenvalue weighted by Gasteiger charge is -2.35. The van der Waals surface area contributed by atoms with Gasteiger partial charge in [0.1, 0.15) is 0 Å². The molecule has 0 saturated carbocycles. The van der Waals surface area contributed by atoms with E-state index in [-0.39, 0.29) is 5.92 Å². The lowest BCUT2D eigenvalue weighted by atomic mass is 9.85. The number of aryl methyl sites for hydroxylation is 1. The van der Waals surface area contributed by atoms with Crippen LogP contribution in [0.5, 0.6) is 0 Å². The van der Waals surface area contributed by atoms with Gasteiger partial charge in [-0.15, -0.1) is 0 Å². The molecule has 2 atom stereocenters. The predicted molar refractivity (Wildman–Crippen MR) is 63.3 cm³/mol. The minimum Gasteiger partial charge on any atom is -0.335 e. The summed E-state index contributed by atoms with van der Waals surface area (Å²) in [5, 5.41) is 0. The molecule has 84 valence electrons. The van der Waals surface area contributed by atoms with Gasteiger partial charge in [0.15, 0.2) is 0 Å². The van der Waals surface area contributed by atoms with Crippen LogP contribution in [0.3, 0.4) is 0 Å². The van der Waals surface area contributed by atoms with Crippen molar-refractivity contribution >= 4 is 5.91 Å². The van der Waals surface area contributed by atoms with Crippen LogP contribution in [-0.4, -0.2) is 17.4 Å². The van der Waals surface area contributed by atoms with Crippen molar-refractivity contribution in [3.63, 3.8) is 0 Å². The number of rotatable bonds is 0. The molecule has 0 spiro atoms. The summed E-state index contributed by atoms with van der Waals surface area (Å²) in [5.41, 5.74) is 3.94. The van der Waals surface area contributed by atoms with Crippen LogP contribution in [0.25, 0.3) is 0 Å². The van der Waals surface area contributed by atoms with Gasteiger partial charge in [-0.1, -0.05) is 23.8 Å². The summed E-state index contributed by atoms with van der Waals surface area (Å²) in [6, 6.07) is 6.88. The van der Waals surface area contributed by atoms with Crippen molar-refractivity contribution in [3.8, 4) is 0 Å². The summed E-state index contributed by atoms with van der Waals surface area (Å²) >= 11 is 0. The molecule has 0 unspecified atom stereocenters. The number of amides is 1. The minimum atomic E-state index is 0.0462. The van der Waals surface area contributed by atoms with E-state index < -0.39 is 0 Å². The Morgan fingerprint density at radius 3 is 2.94 bits per heavy atom. The molecule has 3 rings (SSSR count). The lowest BCUT2D eigenvalue weighted by molar-refractivity contribution is -0.134.